The van der Waals surface area contributed by atoms with Crippen molar-refractivity contribution >= 4 is 31.9 Å². The Morgan fingerprint density at radius 1 is 1.32 bits per heavy atom. The lowest BCUT2D eigenvalue weighted by Crippen LogP contribution is -2.30. The first-order chi connectivity index (χ1) is 8.88. The molecule has 19 heavy (non-hydrogen) atoms. The SMILES string of the molecule is CCN(CC)S(=O)(=O)c1ccc(Br)c(C(=O)OC)c1. The Morgan fingerprint density at radius 3 is 2.37 bits per heavy atom. The average molecular weight is 350 g/mol. The Balaban J connectivity index is 3.33. The van der Waals surface area contributed by atoms with Crippen LogP contribution in [-0.2, 0) is 14.8 Å². The topological polar surface area (TPSA) is 63.7 Å². The van der Waals surface area contributed by atoms with Crippen molar-refractivity contribution in [2.45, 2.75) is 18.7 Å². The minimum absolute atomic E-state index is 0.0831. The van der Waals surface area contributed by atoms with Crippen LogP contribution < -0.4 is 0 Å². The smallest absolute Gasteiger partial charge is 0.339 e. The fourth-order valence-electron chi connectivity index (χ4n) is 1.64. The number of sulfonamides is 1. The molecular weight excluding hydrogens is 334 g/mol. The van der Waals surface area contributed by atoms with Gasteiger partial charge in [0.05, 0.1) is 17.6 Å². The van der Waals surface area contributed by atoms with E-state index in [1.807, 2.05) is 0 Å². The lowest BCUT2D eigenvalue weighted by molar-refractivity contribution is 0.0599. The molecule has 1 aromatic carbocycles. The normalized spacial score (nSPS) is 11.6. The van der Waals surface area contributed by atoms with Gasteiger partial charge in [0, 0.05) is 17.6 Å². The molecule has 7 heteroatoms. The van der Waals surface area contributed by atoms with Crippen LogP contribution in [0.25, 0.3) is 0 Å². The van der Waals surface area contributed by atoms with Gasteiger partial charge in [-0.25, -0.2) is 13.2 Å². The summed E-state index contributed by atoms with van der Waals surface area (Å²) in [7, 11) is -2.33. The summed E-state index contributed by atoms with van der Waals surface area (Å²) in [6, 6.07) is 4.32. The van der Waals surface area contributed by atoms with Crippen molar-refractivity contribution < 1.29 is 17.9 Å². The van der Waals surface area contributed by atoms with Crippen LogP contribution in [0, 0.1) is 0 Å². The zero-order valence-electron chi connectivity index (χ0n) is 11.0. The van der Waals surface area contributed by atoms with Crippen LogP contribution in [0.4, 0.5) is 0 Å². The summed E-state index contributed by atoms with van der Waals surface area (Å²) < 4.78 is 31.1. The predicted octanol–water partition coefficient (Wildman–Crippen LogP) is 2.27. The van der Waals surface area contributed by atoms with Crippen LogP contribution in [0.15, 0.2) is 27.6 Å². The summed E-state index contributed by atoms with van der Waals surface area (Å²) in [5.74, 6) is -0.580. The maximum atomic E-state index is 12.3. The number of halogens is 1. The number of methoxy groups -OCH3 is 1. The molecule has 5 nitrogen and oxygen atoms in total. The zero-order chi connectivity index (χ0) is 14.6. The van der Waals surface area contributed by atoms with E-state index in [4.69, 9.17) is 0 Å². The third-order valence-corrected chi connectivity index (χ3v) is 5.42. The molecule has 0 aromatic heterocycles. The number of ether oxygens (including phenoxy) is 1. The summed E-state index contributed by atoms with van der Waals surface area (Å²) >= 11 is 3.20. The van der Waals surface area contributed by atoms with Crippen molar-refractivity contribution in [3.05, 3.63) is 28.2 Å². The number of hydrogen-bond donors (Lipinski definition) is 0. The Kier molecular flexibility index (Phi) is 5.51. The summed E-state index contributed by atoms with van der Waals surface area (Å²) in [4.78, 5) is 11.6. The van der Waals surface area contributed by atoms with Crippen molar-refractivity contribution in [1.29, 1.82) is 0 Å². The van der Waals surface area contributed by atoms with Crippen LogP contribution >= 0.6 is 15.9 Å². The Labute approximate surface area is 121 Å². The van der Waals surface area contributed by atoms with E-state index in [0.717, 1.165) is 0 Å². The van der Waals surface area contributed by atoms with Gasteiger partial charge in [0.1, 0.15) is 0 Å². The van der Waals surface area contributed by atoms with Gasteiger partial charge in [0.2, 0.25) is 10.0 Å². The molecule has 0 aliphatic heterocycles. The highest BCUT2D eigenvalue weighted by Gasteiger charge is 2.23. The number of hydrogen-bond acceptors (Lipinski definition) is 4. The largest absolute Gasteiger partial charge is 0.465 e. The molecule has 0 saturated carbocycles. The van der Waals surface area contributed by atoms with Crippen molar-refractivity contribution in [1.82, 2.24) is 4.31 Å². The van der Waals surface area contributed by atoms with Crippen molar-refractivity contribution in [3.63, 3.8) is 0 Å². The van der Waals surface area contributed by atoms with Gasteiger partial charge in [-0.1, -0.05) is 13.8 Å². The molecule has 0 unspecified atom stereocenters. The number of nitrogens with zero attached hydrogens (tertiary/aromatic N) is 1. The average Bonchev–Trinajstić information content (AvgIpc) is 2.39. The molecule has 0 radical (unpaired) electrons. The molecule has 106 valence electrons. The maximum absolute atomic E-state index is 12.3. The van der Waals surface area contributed by atoms with Crippen LogP contribution in [0.5, 0.6) is 0 Å². The number of benzene rings is 1. The summed E-state index contributed by atoms with van der Waals surface area (Å²) in [5, 5.41) is 0. The van der Waals surface area contributed by atoms with E-state index in [2.05, 4.69) is 20.7 Å². The molecule has 0 bridgehead atoms. The van der Waals surface area contributed by atoms with Gasteiger partial charge < -0.3 is 4.74 Å². The first kappa shape index (κ1) is 16.1. The highest BCUT2D eigenvalue weighted by atomic mass is 79.9. The van der Waals surface area contributed by atoms with Gasteiger partial charge in [-0.3, -0.25) is 0 Å². The lowest BCUT2D eigenvalue weighted by atomic mass is 10.2. The summed E-state index contributed by atoms with van der Waals surface area (Å²) in [6.45, 7) is 4.28. The van der Waals surface area contributed by atoms with Crippen molar-refractivity contribution in [2.75, 3.05) is 20.2 Å². The zero-order valence-corrected chi connectivity index (χ0v) is 13.4. The van der Waals surface area contributed by atoms with Crippen molar-refractivity contribution in [2.24, 2.45) is 0 Å². The molecule has 0 heterocycles. The van der Waals surface area contributed by atoms with Crippen LogP contribution in [0.1, 0.15) is 24.2 Å². The Hall–Kier alpha value is -0.920. The number of carbonyl (C=O) groups excluding carboxylic acids is 1. The molecule has 0 aliphatic rings. The Bertz CT molecular complexity index is 567. The molecule has 0 atom stereocenters. The van der Waals surface area contributed by atoms with E-state index >= 15 is 0 Å². The lowest BCUT2D eigenvalue weighted by Gasteiger charge is -2.18. The van der Waals surface area contributed by atoms with E-state index < -0.39 is 16.0 Å². The predicted molar refractivity (Wildman–Crippen MR) is 75.6 cm³/mol. The highest BCUT2D eigenvalue weighted by molar-refractivity contribution is 9.10. The monoisotopic (exact) mass is 349 g/mol. The van der Waals surface area contributed by atoms with Gasteiger partial charge in [-0.05, 0) is 34.1 Å². The fourth-order valence-corrected chi connectivity index (χ4v) is 3.54. The molecule has 1 aromatic rings. The minimum Gasteiger partial charge on any atom is -0.465 e. The first-order valence-electron chi connectivity index (χ1n) is 5.76. The second-order valence-electron chi connectivity index (χ2n) is 3.72. The molecule has 0 saturated heterocycles. The second-order valence-corrected chi connectivity index (χ2v) is 6.51. The van der Waals surface area contributed by atoms with Gasteiger partial charge in [0.25, 0.3) is 0 Å². The fraction of sp³-hybridized carbons (Fsp3) is 0.417. The molecule has 0 amide bonds. The van der Waals surface area contributed by atoms with Crippen LogP contribution in [-0.4, -0.2) is 38.9 Å². The van der Waals surface area contributed by atoms with E-state index in [9.17, 15) is 13.2 Å². The van der Waals surface area contributed by atoms with E-state index in [1.165, 1.54) is 29.6 Å². The molecule has 0 aliphatic carbocycles. The van der Waals surface area contributed by atoms with Crippen LogP contribution in [0.2, 0.25) is 0 Å². The summed E-state index contributed by atoms with van der Waals surface area (Å²) in [6.07, 6.45) is 0. The van der Waals surface area contributed by atoms with Gasteiger partial charge in [0.15, 0.2) is 0 Å². The van der Waals surface area contributed by atoms with Gasteiger partial charge >= 0.3 is 5.97 Å². The third-order valence-electron chi connectivity index (χ3n) is 2.69. The van der Waals surface area contributed by atoms with E-state index in [0.29, 0.717) is 17.6 Å². The summed E-state index contributed by atoms with van der Waals surface area (Å²) in [5.41, 5.74) is 0.190. The van der Waals surface area contributed by atoms with E-state index in [1.54, 1.807) is 13.8 Å². The standard InChI is InChI=1S/C12H16BrNO4S/c1-4-14(5-2)19(16,17)9-6-7-11(13)10(8-9)12(15)18-3/h6-8H,4-5H2,1-3H3. The van der Waals surface area contributed by atoms with Gasteiger partial charge in [-0.2, -0.15) is 4.31 Å². The number of carbonyl (C=O) groups is 1. The van der Waals surface area contributed by atoms with Crippen molar-refractivity contribution in [3.8, 4) is 0 Å². The molecule has 1 rings (SSSR count). The van der Waals surface area contributed by atoms with Crippen LogP contribution in [0.3, 0.4) is 0 Å². The second kappa shape index (κ2) is 6.49. The molecule has 0 spiro atoms. The Morgan fingerprint density at radius 2 is 1.89 bits per heavy atom. The minimum atomic E-state index is -3.58. The number of rotatable bonds is 5. The van der Waals surface area contributed by atoms with Gasteiger partial charge in [-0.15, -0.1) is 0 Å². The first-order valence-corrected chi connectivity index (χ1v) is 7.99. The quantitative estimate of drug-likeness (QED) is 0.765. The molecule has 0 fully saturated rings. The van der Waals surface area contributed by atoms with E-state index in [-0.39, 0.29) is 10.5 Å². The highest BCUT2D eigenvalue weighted by Crippen LogP contribution is 2.23. The third kappa shape index (κ3) is 3.34. The molecule has 0 N–H and O–H groups in total. The number of esters is 1. The molecular formula is C12H16BrNO4S. The maximum Gasteiger partial charge on any atom is 0.339 e.